The number of carboxylic acid groups (broad SMARTS) is 1. The van der Waals surface area contributed by atoms with Gasteiger partial charge in [0, 0.05) is 112 Å². The van der Waals surface area contributed by atoms with Crippen LogP contribution in [0.2, 0.25) is 0 Å². The van der Waals surface area contributed by atoms with Crippen LogP contribution in [0.1, 0.15) is 43.5 Å². The van der Waals surface area contributed by atoms with E-state index in [1.165, 1.54) is 80.3 Å². The molecule has 26 nitrogen and oxygen atoms in total. The van der Waals surface area contributed by atoms with Crippen LogP contribution in [0.15, 0.2) is 85.5 Å². The fourth-order valence-corrected chi connectivity index (χ4v) is 10.5. The first-order valence-corrected chi connectivity index (χ1v) is 27.3. The average molecular weight is 1220 g/mol. The van der Waals surface area contributed by atoms with E-state index >= 15 is 0 Å². The molecule has 6 heterocycles. The number of nitrogens with one attached hydrogen (secondary N) is 3. The molecule has 0 aliphatic carbocycles. The first-order valence-electron chi connectivity index (χ1n) is 23.5. The fraction of sp³-hybridized carbons (Fsp3) is 0.240. The number of sulfone groups is 1. The van der Waals surface area contributed by atoms with E-state index in [2.05, 4.69) is 50.7 Å². The van der Waals surface area contributed by atoms with Gasteiger partial charge >= 0.3 is 18.3 Å². The maximum atomic E-state index is 13.6. The molecule has 8 aromatic rings. The maximum Gasteiger partial charge on any atom is 0.435 e. The number of sulfonamides is 1. The monoisotopic (exact) mass is 1220 g/mol. The van der Waals surface area contributed by atoms with Gasteiger partial charge < -0.3 is 44.2 Å². The van der Waals surface area contributed by atoms with Crippen LogP contribution in [0.25, 0.3) is 33.9 Å². The minimum Gasteiger partial charge on any atom is -0.497 e. The van der Waals surface area contributed by atoms with Crippen molar-refractivity contribution in [3.63, 3.8) is 0 Å². The molecule has 0 unspecified atom stereocenters. The SMILES string of the molecule is COc1cc(Nc2ncc(-c3cnc(OC)c(C(=O)NS(=O)(=O)CS(C)(=O)=O)c3)c(-n3nc(C(F)(F)F)cc3C)n2)cc(OC)c1.COc1cc(Nc2ncc(-c3cnc(OC)c(C(=O)O)c3)c(-n3nc(C(F)(F)F)cc3C)n2)cc(OC)c1. The van der Waals surface area contributed by atoms with Crippen molar-refractivity contribution in [2.24, 2.45) is 0 Å². The number of amides is 1. The number of hydrogen-bond acceptors (Lipinski definition) is 22. The van der Waals surface area contributed by atoms with Gasteiger partial charge in [-0.2, -0.15) is 46.5 Å². The van der Waals surface area contributed by atoms with E-state index in [0.29, 0.717) is 40.6 Å². The molecule has 0 saturated carbocycles. The molecule has 8 rings (SSSR count). The van der Waals surface area contributed by atoms with E-state index in [0.717, 1.165) is 34.7 Å². The molecule has 84 heavy (non-hydrogen) atoms. The third-order valence-electron chi connectivity index (χ3n) is 11.3. The van der Waals surface area contributed by atoms with Crippen molar-refractivity contribution >= 4 is 55.0 Å². The number of rotatable bonds is 19. The van der Waals surface area contributed by atoms with Crippen LogP contribution in [-0.4, -0.2) is 137 Å². The number of carboxylic acids is 1. The topological polar surface area (TPSA) is 327 Å². The molecule has 0 aliphatic heterocycles. The second-order valence-corrected chi connectivity index (χ2v) is 21.7. The summed E-state index contributed by atoms with van der Waals surface area (Å²) in [4.78, 5) is 50.1. The van der Waals surface area contributed by atoms with Gasteiger partial charge in [-0.3, -0.25) is 4.79 Å². The summed E-state index contributed by atoms with van der Waals surface area (Å²) >= 11 is 0. The quantitative estimate of drug-likeness (QED) is 0.0573. The number of pyridine rings is 2. The van der Waals surface area contributed by atoms with Gasteiger partial charge in [0.1, 0.15) is 34.1 Å². The summed E-state index contributed by atoms with van der Waals surface area (Å²) in [6, 6.07) is 13.8. The molecule has 0 atom stereocenters. The number of aryl methyl sites for hydroxylation is 2. The van der Waals surface area contributed by atoms with Crippen molar-refractivity contribution in [2.45, 2.75) is 26.2 Å². The predicted octanol–water partition coefficient (Wildman–Crippen LogP) is 7.40. The van der Waals surface area contributed by atoms with Gasteiger partial charge in [-0.1, -0.05) is 0 Å². The second-order valence-electron chi connectivity index (χ2n) is 17.4. The Bertz CT molecular complexity index is 3990. The Morgan fingerprint density at radius 3 is 1.26 bits per heavy atom. The average Bonchev–Trinajstić information content (AvgIpc) is 3.36. The van der Waals surface area contributed by atoms with Crippen LogP contribution in [-0.2, 0) is 32.2 Å². The lowest BCUT2D eigenvalue weighted by atomic mass is 10.1. The molecule has 0 aliphatic rings. The van der Waals surface area contributed by atoms with Crippen molar-refractivity contribution in [1.82, 2.24) is 54.2 Å². The van der Waals surface area contributed by atoms with Gasteiger partial charge in [0.05, 0.1) is 42.7 Å². The number of anilines is 4. The molecule has 0 saturated heterocycles. The minimum atomic E-state index is -4.79. The number of benzene rings is 2. The van der Waals surface area contributed by atoms with Crippen LogP contribution in [0, 0.1) is 13.8 Å². The van der Waals surface area contributed by atoms with Gasteiger partial charge in [0.15, 0.2) is 37.9 Å². The van der Waals surface area contributed by atoms with Gasteiger partial charge in [-0.15, -0.1) is 0 Å². The summed E-state index contributed by atoms with van der Waals surface area (Å²) in [5.74, 6) is -1.55. The van der Waals surface area contributed by atoms with E-state index in [4.69, 9.17) is 28.4 Å². The molecule has 34 heteroatoms. The highest BCUT2D eigenvalue weighted by Gasteiger charge is 2.37. The molecule has 444 valence electrons. The molecule has 0 fully saturated rings. The van der Waals surface area contributed by atoms with Gasteiger partial charge in [-0.25, -0.2) is 55.7 Å². The third kappa shape index (κ3) is 14.8. The highest BCUT2D eigenvalue weighted by molar-refractivity contribution is 8.07. The lowest BCUT2D eigenvalue weighted by Crippen LogP contribution is -2.35. The Labute approximate surface area is 472 Å². The Kier molecular flexibility index (Phi) is 18.2. The van der Waals surface area contributed by atoms with Crippen molar-refractivity contribution in [3.8, 4) is 68.6 Å². The van der Waals surface area contributed by atoms with E-state index < -0.39 is 66.1 Å². The molecule has 4 N–H and O–H groups in total. The second kappa shape index (κ2) is 24.7. The number of halogens is 6. The zero-order valence-electron chi connectivity index (χ0n) is 45.2. The number of methoxy groups -OCH3 is 6. The molecular formula is C50H47F6N13O13S2. The Morgan fingerprint density at radius 1 is 0.548 bits per heavy atom. The van der Waals surface area contributed by atoms with Gasteiger partial charge in [-0.05, 0) is 38.1 Å². The summed E-state index contributed by atoms with van der Waals surface area (Å²) in [6.07, 6.45) is -3.77. The zero-order chi connectivity index (χ0) is 61.6. The number of alkyl halides is 6. The lowest BCUT2D eigenvalue weighted by molar-refractivity contribution is -0.142. The predicted molar refractivity (Wildman–Crippen MR) is 286 cm³/mol. The molecular weight excluding hydrogens is 1170 g/mol. The van der Waals surface area contributed by atoms with Crippen molar-refractivity contribution in [2.75, 3.05) is 64.6 Å². The first-order chi connectivity index (χ1) is 39.5. The Balaban J connectivity index is 0.000000245. The number of hydrogen-bond donors (Lipinski definition) is 4. The summed E-state index contributed by atoms with van der Waals surface area (Å²) in [5, 5.41) is 21.5. The number of aromatic nitrogens is 10. The number of ether oxygens (including phenoxy) is 6. The zero-order valence-corrected chi connectivity index (χ0v) is 46.8. The number of nitrogens with zero attached hydrogens (tertiary/aromatic N) is 10. The number of carbonyl (C=O) groups excluding carboxylic acids is 1. The molecule has 0 bridgehead atoms. The highest BCUT2D eigenvalue weighted by Crippen LogP contribution is 2.37. The maximum absolute atomic E-state index is 13.6. The minimum absolute atomic E-state index is 0.0162. The van der Waals surface area contributed by atoms with Crippen LogP contribution in [0.3, 0.4) is 0 Å². The molecule has 1 amide bonds. The summed E-state index contributed by atoms with van der Waals surface area (Å²) in [7, 11) is -0.414. The Morgan fingerprint density at radius 2 is 0.929 bits per heavy atom. The standard InChI is InChI=1S/C26H26F3N7O8S2.C24H21F3N6O5/c1-14-6-21(26(27,28)29)34-36(14)22-20(12-31-25(33-22)32-16-8-17(42-2)10-18(9-16)43-3)15-7-19(24(44-4)30-11-15)23(37)35-46(40,41)13-45(5,38)39;1-12-5-19(24(25,26)27)32-33(12)20-18(13-6-17(22(34)35)21(38-4)28-10-13)11-29-23(31-20)30-14-7-15(36-2)9-16(8-14)37-3/h6-12H,13H2,1-5H3,(H,35,37)(H,31,32,33);5-11H,1-4H3,(H,34,35)(H,29,30,31). The van der Waals surface area contributed by atoms with E-state index in [1.54, 1.807) is 41.1 Å². The van der Waals surface area contributed by atoms with Crippen molar-refractivity contribution in [1.29, 1.82) is 0 Å². The van der Waals surface area contributed by atoms with E-state index in [-0.39, 0.29) is 74.5 Å². The molecule has 0 spiro atoms. The lowest BCUT2D eigenvalue weighted by Gasteiger charge is -2.15. The normalized spacial score (nSPS) is 11.7. The molecule has 6 aromatic heterocycles. The van der Waals surface area contributed by atoms with Crippen LogP contribution < -0.4 is 43.8 Å². The van der Waals surface area contributed by atoms with Gasteiger partial charge in [0.25, 0.3) is 5.91 Å². The van der Waals surface area contributed by atoms with Crippen molar-refractivity contribution < 1.29 is 86.3 Å². The molecule has 0 radical (unpaired) electrons. The van der Waals surface area contributed by atoms with E-state index in [1.807, 2.05) is 0 Å². The molecule has 2 aromatic carbocycles. The van der Waals surface area contributed by atoms with Crippen LogP contribution in [0.5, 0.6) is 34.8 Å². The van der Waals surface area contributed by atoms with Crippen LogP contribution in [0.4, 0.5) is 49.6 Å². The van der Waals surface area contributed by atoms with Crippen molar-refractivity contribution in [3.05, 3.63) is 119 Å². The fourth-order valence-electron chi connectivity index (χ4n) is 7.62. The summed E-state index contributed by atoms with van der Waals surface area (Å²) in [5.41, 5.74) is -1.51. The van der Waals surface area contributed by atoms with Crippen LogP contribution >= 0.6 is 0 Å². The Hall–Kier alpha value is -9.86. The smallest absolute Gasteiger partial charge is 0.435 e. The van der Waals surface area contributed by atoms with E-state index in [9.17, 15) is 57.9 Å². The summed E-state index contributed by atoms with van der Waals surface area (Å²) < 4.78 is 163. The van der Waals surface area contributed by atoms with Gasteiger partial charge in [0.2, 0.25) is 33.7 Å². The number of aromatic carboxylic acids is 1. The first kappa shape index (κ1) is 61.8. The summed E-state index contributed by atoms with van der Waals surface area (Å²) in [6.45, 7) is 2.80. The largest absolute Gasteiger partial charge is 0.497 e. The highest BCUT2D eigenvalue weighted by atomic mass is 32.3. The number of carbonyl (C=O) groups is 2. The third-order valence-corrected chi connectivity index (χ3v) is 14.8.